The molecule has 17 heavy (non-hydrogen) atoms. The summed E-state index contributed by atoms with van der Waals surface area (Å²) in [6.45, 7) is 4.20. The van der Waals surface area contributed by atoms with Crippen LogP contribution in [0.3, 0.4) is 0 Å². The van der Waals surface area contributed by atoms with Gasteiger partial charge >= 0.3 is 5.97 Å². The van der Waals surface area contributed by atoms with Gasteiger partial charge in [0.15, 0.2) is 5.69 Å². The first-order valence-corrected chi connectivity index (χ1v) is 5.20. The molecule has 1 heterocycles. The molecule has 0 radical (unpaired) electrons. The fourth-order valence-corrected chi connectivity index (χ4v) is 1.61. The number of anilines is 1. The van der Waals surface area contributed by atoms with Crippen LogP contribution in [0.4, 0.5) is 5.69 Å². The predicted octanol–water partition coefficient (Wildman–Crippen LogP) is 2.53. The molecule has 0 unspecified atom stereocenters. The van der Waals surface area contributed by atoms with Crippen LogP contribution in [0, 0.1) is 0 Å². The van der Waals surface area contributed by atoms with Crippen molar-refractivity contribution in [2.24, 2.45) is 0 Å². The molecule has 0 bridgehead atoms. The van der Waals surface area contributed by atoms with Crippen LogP contribution >= 0.6 is 0 Å². The number of para-hydroxylation sites is 1. The highest BCUT2D eigenvalue weighted by atomic mass is 16.4. The smallest absolute Gasteiger partial charge is 0.354 e. The van der Waals surface area contributed by atoms with E-state index >= 15 is 0 Å². The average Bonchev–Trinajstić information content (AvgIpc) is 2.35. The molecule has 0 aliphatic rings. The fraction of sp³-hybridized carbons (Fsp3) is 0.0769. The zero-order valence-electron chi connectivity index (χ0n) is 9.18. The van der Waals surface area contributed by atoms with Crippen LogP contribution in [-0.4, -0.2) is 22.6 Å². The summed E-state index contributed by atoms with van der Waals surface area (Å²) < 4.78 is 0. The van der Waals surface area contributed by atoms with Gasteiger partial charge in [0, 0.05) is 17.6 Å². The molecular formula is C13H12N2O2. The predicted molar refractivity (Wildman–Crippen MR) is 67.4 cm³/mol. The SMILES string of the molecule is C=CCNc1cc(C(=O)O)nc2ccccc12. The Kier molecular flexibility index (Phi) is 3.05. The number of fused-ring (bicyclic) bond motifs is 1. The molecule has 2 aromatic rings. The van der Waals surface area contributed by atoms with Crippen LogP contribution in [0.25, 0.3) is 10.9 Å². The number of rotatable bonds is 4. The Morgan fingerprint density at radius 2 is 2.24 bits per heavy atom. The third kappa shape index (κ3) is 2.25. The number of pyridine rings is 1. The van der Waals surface area contributed by atoms with E-state index in [9.17, 15) is 4.79 Å². The van der Waals surface area contributed by atoms with Gasteiger partial charge in [-0.3, -0.25) is 0 Å². The minimum absolute atomic E-state index is 0.0373. The van der Waals surface area contributed by atoms with Crippen molar-refractivity contribution in [2.75, 3.05) is 11.9 Å². The zero-order valence-corrected chi connectivity index (χ0v) is 9.18. The Bertz CT molecular complexity index is 579. The van der Waals surface area contributed by atoms with Gasteiger partial charge in [-0.2, -0.15) is 0 Å². The van der Waals surface area contributed by atoms with Crippen molar-refractivity contribution in [2.45, 2.75) is 0 Å². The van der Waals surface area contributed by atoms with Crippen molar-refractivity contribution in [3.05, 3.63) is 48.7 Å². The molecule has 0 fully saturated rings. The normalized spacial score (nSPS) is 10.1. The molecule has 1 aromatic heterocycles. The fourth-order valence-electron chi connectivity index (χ4n) is 1.61. The summed E-state index contributed by atoms with van der Waals surface area (Å²) in [5.41, 5.74) is 1.46. The topological polar surface area (TPSA) is 62.2 Å². The van der Waals surface area contributed by atoms with Crippen LogP contribution in [-0.2, 0) is 0 Å². The van der Waals surface area contributed by atoms with Gasteiger partial charge in [-0.25, -0.2) is 9.78 Å². The second kappa shape index (κ2) is 4.65. The van der Waals surface area contributed by atoms with E-state index in [0.29, 0.717) is 12.1 Å². The number of carbonyl (C=O) groups is 1. The second-order valence-electron chi connectivity index (χ2n) is 3.55. The van der Waals surface area contributed by atoms with Gasteiger partial charge < -0.3 is 10.4 Å². The lowest BCUT2D eigenvalue weighted by Gasteiger charge is -2.08. The first kappa shape index (κ1) is 11.1. The van der Waals surface area contributed by atoms with Gasteiger partial charge in [0.1, 0.15) is 0 Å². The third-order valence-electron chi connectivity index (χ3n) is 2.37. The molecule has 0 aliphatic carbocycles. The molecule has 4 nitrogen and oxygen atoms in total. The van der Waals surface area contributed by atoms with Gasteiger partial charge in [-0.1, -0.05) is 24.3 Å². The van der Waals surface area contributed by atoms with Crippen molar-refractivity contribution in [1.29, 1.82) is 0 Å². The van der Waals surface area contributed by atoms with Crippen LogP contribution in [0.15, 0.2) is 43.0 Å². The summed E-state index contributed by atoms with van der Waals surface area (Å²) in [4.78, 5) is 15.0. The van der Waals surface area contributed by atoms with Crippen molar-refractivity contribution >= 4 is 22.6 Å². The Labute approximate surface area is 98.6 Å². The molecule has 0 aliphatic heterocycles. The Morgan fingerprint density at radius 3 is 2.94 bits per heavy atom. The highest BCUT2D eigenvalue weighted by molar-refractivity contribution is 5.97. The minimum atomic E-state index is -1.03. The van der Waals surface area contributed by atoms with Crippen LogP contribution in [0.5, 0.6) is 0 Å². The first-order chi connectivity index (χ1) is 8.22. The number of aromatic nitrogens is 1. The maximum absolute atomic E-state index is 11.0. The summed E-state index contributed by atoms with van der Waals surface area (Å²) in [6, 6.07) is 8.95. The monoisotopic (exact) mass is 228 g/mol. The van der Waals surface area contributed by atoms with Crippen LogP contribution < -0.4 is 5.32 Å². The molecule has 2 N–H and O–H groups in total. The zero-order chi connectivity index (χ0) is 12.3. The maximum Gasteiger partial charge on any atom is 0.354 e. The van der Waals surface area contributed by atoms with Crippen molar-refractivity contribution < 1.29 is 9.90 Å². The Morgan fingerprint density at radius 1 is 1.47 bits per heavy atom. The van der Waals surface area contributed by atoms with E-state index in [2.05, 4.69) is 16.9 Å². The molecule has 0 amide bonds. The number of carboxylic acid groups (broad SMARTS) is 1. The number of benzene rings is 1. The maximum atomic E-state index is 11.0. The van der Waals surface area contributed by atoms with Gasteiger partial charge in [0.2, 0.25) is 0 Å². The summed E-state index contributed by atoms with van der Waals surface area (Å²) in [5.74, 6) is -1.03. The molecular weight excluding hydrogens is 216 g/mol. The van der Waals surface area contributed by atoms with Crippen molar-refractivity contribution in [1.82, 2.24) is 4.98 Å². The molecule has 0 saturated carbocycles. The average molecular weight is 228 g/mol. The van der Waals surface area contributed by atoms with E-state index in [1.807, 2.05) is 18.2 Å². The number of hydrogen-bond acceptors (Lipinski definition) is 3. The number of aromatic carboxylic acids is 1. The standard InChI is InChI=1S/C13H12N2O2/c1-2-7-14-11-8-12(13(16)17)15-10-6-4-3-5-9(10)11/h2-6,8H,1,7H2,(H,14,15)(H,16,17). The molecule has 0 spiro atoms. The van der Waals surface area contributed by atoms with Gasteiger partial charge in [-0.05, 0) is 12.1 Å². The van der Waals surface area contributed by atoms with Gasteiger partial charge in [0.05, 0.1) is 5.52 Å². The lowest BCUT2D eigenvalue weighted by Crippen LogP contribution is -2.05. The number of nitrogens with zero attached hydrogens (tertiary/aromatic N) is 1. The molecule has 0 atom stereocenters. The number of hydrogen-bond donors (Lipinski definition) is 2. The summed E-state index contributed by atoms with van der Waals surface area (Å²) in [7, 11) is 0. The van der Waals surface area contributed by atoms with E-state index < -0.39 is 5.97 Å². The van der Waals surface area contributed by atoms with Crippen molar-refractivity contribution in [3.63, 3.8) is 0 Å². The third-order valence-corrected chi connectivity index (χ3v) is 2.37. The van der Waals surface area contributed by atoms with E-state index in [1.54, 1.807) is 12.1 Å². The quantitative estimate of drug-likeness (QED) is 0.789. The van der Waals surface area contributed by atoms with Crippen molar-refractivity contribution in [3.8, 4) is 0 Å². The molecule has 0 saturated heterocycles. The highest BCUT2D eigenvalue weighted by Gasteiger charge is 2.09. The van der Waals surface area contributed by atoms with E-state index in [0.717, 1.165) is 11.1 Å². The summed E-state index contributed by atoms with van der Waals surface area (Å²) >= 11 is 0. The Balaban J connectivity index is 2.60. The van der Waals surface area contributed by atoms with E-state index in [-0.39, 0.29) is 5.69 Å². The number of nitrogens with one attached hydrogen (secondary N) is 1. The van der Waals surface area contributed by atoms with Crippen LogP contribution in [0.1, 0.15) is 10.5 Å². The Hall–Kier alpha value is -2.36. The summed E-state index contributed by atoms with van der Waals surface area (Å²) in [5, 5.41) is 13.0. The minimum Gasteiger partial charge on any atom is -0.477 e. The largest absolute Gasteiger partial charge is 0.477 e. The van der Waals surface area contributed by atoms with Crippen LogP contribution in [0.2, 0.25) is 0 Å². The molecule has 4 heteroatoms. The van der Waals surface area contributed by atoms with Gasteiger partial charge in [0.25, 0.3) is 0 Å². The summed E-state index contributed by atoms with van der Waals surface area (Å²) in [6.07, 6.45) is 1.72. The van der Waals surface area contributed by atoms with E-state index in [1.165, 1.54) is 6.07 Å². The molecule has 86 valence electrons. The first-order valence-electron chi connectivity index (χ1n) is 5.20. The molecule has 1 aromatic carbocycles. The van der Waals surface area contributed by atoms with Gasteiger partial charge in [-0.15, -0.1) is 6.58 Å². The highest BCUT2D eigenvalue weighted by Crippen LogP contribution is 2.22. The van der Waals surface area contributed by atoms with E-state index in [4.69, 9.17) is 5.11 Å². The lowest BCUT2D eigenvalue weighted by atomic mass is 10.1. The molecule has 2 rings (SSSR count). The lowest BCUT2D eigenvalue weighted by molar-refractivity contribution is 0.0691. The second-order valence-corrected chi connectivity index (χ2v) is 3.55. The number of carboxylic acids is 1.